The number of thioether (sulfide) groups is 1. The van der Waals surface area contributed by atoms with E-state index in [0.717, 1.165) is 25.9 Å². The first-order valence-electron chi connectivity index (χ1n) is 8.48. The van der Waals surface area contributed by atoms with Crippen LogP contribution in [0.5, 0.6) is 0 Å². The highest BCUT2D eigenvalue weighted by molar-refractivity contribution is 8.00. The second-order valence-corrected chi connectivity index (χ2v) is 7.46. The predicted octanol–water partition coefficient (Wildman–Crippen LogP) is 2.68. The molecule has 8 heteroatoms. The molecule has 0 unspecified atom stereocenters. The molecule has 1 aromatic heterocycles. The van der Waals surface area contributed by atoms with Crippen LogP contribution in [0, 0.1) is 5.82 Å². The minimum Gasteiger partial charge on any atom is -0.342 e. The molecule has 1 amide bonds. The number of nitrogen functional groups attached to an aromatic ring is 1. The molecule has 1 fully saturated rings. The number of nitrogens with zero attached hydrogens (tertiary/aromatic N) is 4. The monoisotopic (exact) mass is 363 g/mol. The third-order valence-corrected chi connectivity index (χ3v) is 5.37. The van der Waals surface area contributed by atoms with Crippen LogP contribution in [-0.4, -0.2) is 44.0 Å². The maximum absolute atomic E-state index is 13.9. The minimum atomic E-state index is -0.410. The highest BCUT2D eigenvalue weighted by Crippen LogP contribution is 2.27. The van der Waals surface area contributed by atoms with E-state index in [9.17, 15) is 9.18 Å². The van der Waals surface area contributed by atoms with Gasteiger partial charge in [0.15, 0.2) is 5.82 Å². The summed E-state index contributed by atoms with van der Waals surface area (Å²) in [6.07, 6.45) is 4.45. The largest absolute Gasteiger partial charge is 0.342 e. The molecule has 0 spiro atoms. The lowest BCUT2D eigenvalue weighted by atomic mass is 10.2. The molecule has 1 atom stereocenters. The van der Waals surface area contributed by atoms with Gasteiger partial charge in [-0.15, -0.1) is 10.2 Å². The molecule has 2 aromatic rings. The van der Waals surface area contributed by atoms with Crippen LogP contribution in [0.25, 0.3) is 11.4 Å². The van der Waals surface area contributed by atoms with Crippen molar-refractivity contribution in [3.05, 3.63) is 30.1 Å². The standard InChI is InChI=1S/C17H22FN5OS/c1-12(16(24)22-10-6-2-3-7-11-22)25-17-21-20-15(23(17)19)13-8-4-5-9-14(13)18/h4-5,8-9,12H,2-3,6-7,10-11,19H2,1H3/t12-/m1/s1. The summed E-state index contributed by atoms with van der Waals surface area (Å²) in [5, 5.41) is 8.10. The maximum atomic E-state index is 13.9. The van der Waals surface area contributed by atoms with Crippen LogP contribution < -0.4 is 5.84 Å². The third kappa shape index (κ3) is 3.95. The molecule has 0 radical (unpaired) electrons. The number of halogens is 1. The highest BCUT2D eigenvalue weighted by atomic mass is 32.2. The van der Waals surface area contributed by atoms with Crippen molar-refractivity contribution < 1.29 is 9.18 Å². The molecule has 1 aliphatic heterocycles. The van der Waals surface area contributed by atoms with Crippen LogP contribution in [0.1, 0.15) is 32.6 Å². The first kappa shape index (κ1) is 17.7. The third-order valence-electron chi connectivity index (χ3n) is 4.33. The average molecular weight is 363 g/mol. The Morgan fingerprint density at radius 1 is 1.20 bits per heavy atom. The lowest BCUT2D eigenvalue weighted by molar-refractivity contribution is -0.130. The molecule has 0 saturated carbocycles. The molecule has 1 aromatic carbocycles. The van der Waals surface area contributed by atoms with Gasteiger partial charge in [-0.25, -0.2) is 9.07 Å². The van der Waals surface area contributed by atoms with Gasteiger partial charge in [0.05, 0.1) is 10.8 Å². The normalized spacial score (nSPS) is 16.5. The molecule has 3 rings (SSSR count). The quantitative estimate of drug-likeness (QED) is 0.667. The summed E-state index contributed by atoms with van der Waals surface area (Å²) >= 11 is 1.25. The van der Waals surface area contributed by atoms with Crippen molar-refractivity contribution in [1.82, 2.24) is 19.8 Å². The molecular formula is C17H22FN5OS. The van der Waals surface area contributed by atoms with Crippen LogP contribution in [0.3, 0.4) is 0 Å². The van der Waals surface area contributed by atoms with Gasteiger partial charge in [-0.1, -0.05) is 36.7 Å². The summed E-state index contributed by atoms with van der Waals surface area (Å²) in [4.78, 5) is 14.6. The summed E-state index contributed by atoms with van der Waals surface area (Å²) in [6, 6.07) is 6.27. The van der Waals surface area contributed by atoms with Gasteiger partial charge in [0, 0.05) is 13.1 Å². The number of carbonyl (C=O) groups excluding carboxylic acids is 1. The lowest BCUT2D eigenvalue weighted by Crippen LogP contribution is -2.37. The summed E-state index contributed by atoms with van der Waals surface area (Å²) in [5.41, 5.74) is 0.288. The molecule has 2 N–H and O–H groups in total. The van der Waals surface area contributed by atoms with Crippen LogP contribution in [0.2, 0.25) is 0 Å². The Bertz CT molecular complexity index is 742. The number of amides is 1. The van der Waals surface area contributed by atoms with Crippen molar-refractivity contribution in [3.8, 4) is 11.4 Å². The average Bonchev–Trinajstić information content (AvgIpc) is 2.81. The van der Waals surface area contributed by atoms with Crippen molar-refractivity contribution >= 4 is 17.7 Å². The Kier molecular flexibility index (Phi) is 5.57. The second kappa shape index (κ2) is 7.86. The molecule has 1 saturated heterocycles. The maximum Gasteiger partial charge on any atom is 0.235 e. The van der Waals surface area contributed by atoms with Gasteiger partial charge in [0.2, 0.25) is 11.1 Å². The van der Waals surface area contributed by atoms with E-state index in [1.807, 2.05) is 11.8 Å². The number of benzene rings is 1. The molecule has 0 bridgehead atoms. The molecule has 6 nitrogen and oxygen atoms in total. The SMILES string of the molecule is C[C@@H](Sc1nnc(-c2ccccc2F)n1N)C(=O)N1CCCCCC1. The topological polar surface area (TPSA) is 77.0 Å². The fourth-order valence-corrected chi connectivity index (χ4v) is 3.79. The van der Waals surface area contributed by atoms with Gasteiger partial charge in [0.25, 0.3) is 0 Å². The number of rotatable bonds is 4. The molecule has 134 valence electrons. The fraction of sp³-hybridized carbons (Fsp3) is 0.471. The summed E-state index contributed by atoms with van der Waals surface area (Å²) in [7, 11) is 0. The van der Waals surface area contributed by atoms with Crippen molar-refractivity contribution in [2.75, 3.05) is 18.9 Å². The molecule has 0 aliphatic carbocycles. The lowest BCUT2D eigenvalue weighted by Gasteiger charge is -2.23. The van der Waals surface area contributed by atoms with E-state index >= 15 is 0 Å². The Labute approximate surface area is 150 Å². The number of carbonyl (C=O) groups is 1. The number of nitrogens with two attached hydrogens (primary N) is 1. The van der Waals surface area contributed by atoms with Crippen LogP contribution in [-0.2, 0) is 4.79 Å². The molecule has 25 heavy (non-hydrogen) atoms. The van der Waals surface area contributed by atoms with E-state index < -0.39 is 5.82 Å². The van der Waals surface area contributed by atoms with E-state index in [1.165, 1.54) is 35.3 Å². The fourth-order valence-electron chi connectivity index (χ4n) is 2.94. The second-order valence-electron chi connectivity index (χ2n) is 6.16. The van der Waals surface area contributed by atoms with E-state index in [-0.39, 0.29) is 22.5 Å². The first-order valence-corrected chi connectivity index (χ1v) is 9.36. The van der Waals surface area contributed by atoms with Gasteiger partial charge in [-0.3, -0.25) is 4.79 Å². The van der Waals surface area contributed by atoms with Crippen molar-refractivity contribution in [2.24, 2.45) is 0 Å². The number of hydrogen-bond donors (Lipinski definition) is 1. The zero-order valence-corrected chi connectivity index (χ0v) is 15.0. The van der Waals surface area contributed by atoms with E-state index in [4.69, 9.17) is 5.84 Å². The zero-order valence-electron chi connectivity index (χ0n) is 14.2. The smallest absolute Gasteiger partial charge is 0.235 e. The number of aromatic nitrogens is 3. The van der Waals surface area contributed by atoms with Gasteiger partial charge in [-0.2, -0.15) is 0 Å². The predicted molar refractivity (Wildman–Crippen MR) is 95.9 cm³/mol. The number of likely N-dealkylation sites (tertiary alicyclic amines) is 1. The minimum absolute atomic E-state index is 0.0855. The zero-order chi connectivity index (χ0) is 17.8. The van der Waals surface area contributed by atoms with Crippen molar-refractivity contribution in [2.45, 2.75) is 43.0 Å². The molecule has 2 heterocycles. The van der Waals surface area contributed by atoms with Crippen molar-refractivity contribution in [3.63, 3.8) is 0 Å². The van der Waals surface area contributed by atoms with Gasteiger partial charge in [-0.05, 0) is 31.9 Å². The van der Waals surface area contributed by atoms with Gasteiger partial charge < -0.3 is 10.7 Å². The Balaban J connectivity index is 1.73. The molecule has 1 aliphatic rings. The summed E-state index contributed by atoms with van der Waals surface area (Å²) < 4.78 is 15.2. The van der Waals surface area contributed by atoms with E-state index in [0.29, 0.717) is 5.16 Å². The highest BCUT2D eigenvalue weighted by Gasteiger charge is 2.25. The van der Waals surface area contributed by atoms with Crippen LogP contribution in [0.4, 0.5) is 4.39 Å². The molecular weight excluding hydrogens is 341 g/mol. The Hall–Kier alpha value is -2.09. The van der Waals surface area contributed by atoms with Gasteiger partial charge >= 0.3 is 0 Å². The van der Waals surface area contributed by atoms with Gasteiger partial charge in [0.1, 0.15) is 5.82 Å². The first-order chi connectivity index (χ1) is 12.1. The van der Waals surface area contributed by atoms with Crippen molar-refractivity contribution in [1.29, 1.82) is 0 Å². The van der Waals surface area contributed by atoms with E-state index in [2.05, 4.69) is 10.2 Å². The van der Waals surface area contributed by atoms with E-state index in [1.54, 1.807) is 18.2 Å². The Morgan fingerprint density at radius 3 is 2.56 bits per heavy atom. The summed E-state index contributed by atoms with van der Waals surface area (Å²) in [5.74, 6) is 5.96. The summed E-state index contributed by atoms with van der Waals surface area (Å²) in [6.45, 7) is 3.45. The van der Waals surface area contributed by atoms with Crippen LogP contribution in [0.15, 0.2) is 29.4 Å². The van der Waals surface area contributed by atoms with Crippen LogP contribution >= 0.6 is 11.8 Å². The number of hydrogen-bond acceptors (Lipinski definition) is 5. The Morgan fingerprint density at radius 2 is 1.88 bits per heavy atom.